The van der Waals surface area contributed by atoms with Gasteiger partial charge in [-0.3, -0.25) is 4.79 Å². The van der Waals surface area contributed by atoms with E-state index >= 15 is 0 Å². The highest BCUT2D eigenvalue weighted by Crippen LogP contribution is 2.33. The average molecular weight is 414 g/mol. The molecule has 6 nitrogen and oxygen atoms in total. The molecule has 2 aromatic heterocycles. The Bertz CT molecular complexity index is 1110. The van der Waals surface area contributed by atoms with E-state index in [-0.39, 0.29) is 18.1 Å². The van der Waals surface area contributed by atoms with Crippen LogP contribution in [0.3, 0.4) is 0 Å². The normalized spacial score (nSPS) is 12.7. The Balaban J connectivity index is 2.03. The monoisotopic (exact) mass is 414 g/mol. The highest BCUT2D eigenvalue weighted by atomic mass is 19.1. The minimum atomic E-state index is -1.01. The van der Waals surface area contributed by atoms with E-state index in [0.717, 1.165) is 11.8 Å². The first kappa shape index (κ1) is 21.4. The van der Waals surface area contributed by atoms with Gasteiger partial charge in [-0.15, -0.1) is 6.58 Å². The number of benzene rings is 1. The van der Waals surface area contributed by atoms with Crippen molar-refractivity contribution < 1.29 is 18.7 Å². The van der Waals surface area contributed by atoms with Crippen LogP contribution in [0.1, 0.15) is 32.3 Å². The molecule has 0 bridgehead atoms. The summed E-state index contributed by atoms with van der Waals surface area (Å²) < 4.78 is 28.7. The summed E-state index contributed by atoms with van der Waals surface area (Å²) in [6, 6.07) is 2.61. The Hall–Kier alpha value is -3.29. The molecule has 0 aliphatic rings. The maximum absolute atomic E-state index is 14.5. The number of aryl methyl sites for hydroxylation is 1. The van der Waals surface area contributed by atoms with E-state index in [1.54, 1.807) is 25.3 Å². The molecular weight excluding hydrogens is 390 g/mol. The van der Waals surface area contributed by atoms with Crippen LogP contribution in [-0.4, -0.2) is 32.1 Å². The van der Waals surface area contributed by atoms with Crippen molar-refractivity contribution in [2.45, 2.75) is 39.7 Å². The summed E-state index contributed by atoms with van der Waals surface area (Å²) in [4.78, 5) is 22.6. The largest absolute Gasteiger partial charge is 0.481 e. The maximum atomic E-state index is 14.5. The molecule has 1 aromatic carbocycles. The van der Waals surface area contributed by atoms with Gasteiger partial charge in [0.05, 0.1) is 18.1 Å². The van der Waals surface area contributed by atoms with E-state index < -0.39 is 29.1 Å². The number of anilines is 1. The average Bonchev–Trinajstić information content (AvgIpc) is 3.06. The molecule has 2 heterocycles. The van der Waals surface area contributed by atoms with E-state index in [0.29, 0.717) is 22.9 Å². The molecule has 1 unspecified atom stereocenters. The van der Waals surface area contributed by atoms with Crippen molar-refractivity contribution in [1.82, 2.24) is 15.0 Å². The predicted molar refractivity (Wildman–Crippen MR) is 112 cm³/mol. The molecule has 158 valence electrons. The van der Waals surface area contributed by atoms with Gasteiger partial charge < -0.3 is 15.4 Å². The Morgan fingerprint density at radius 2 is 2.10 bits per heavy atom. The van der Waals surface area contributed by atoms with Crippen LogP contribution in [0.15, 0.2) is 37.2 Å². The van der Waals surface area contributed by atoms with Gasteiger partial charge in [0.1, 0.15) is 5.82 Å². The molecule has 0 fully saturated rings. The number of allylic oxidation sites excluding steroid dienone is 1. The summed E-state index contributed by atoms with van der Waals surface area (Å²) in [5.74, 6) is -2.02. The van der Waals surface area contributed by atoms with E-state index in [2.05, 4.69) is 26.8 Å². The van der Waals surface area contributed by atoms with E-state index in [4.69, 9.17) is 0 Å². The van der Waals surface area contributed by atoms with Crippen molar-refractivity contribution in [3.05, 3.63) is 54.4 Å². The number of hydrogen-bond donors (Lipinski definition) is 3. The third-order valence-corrected chi connectivity index (χ3v) is 5.17. The molecule has 30 heavy (non-hydrogen) atoms. The topological polar surface area (TPSA) is 90.9 Å². The SMILES string of the molecule is C=CCC(C)(C)C(CC(=O)O)Nc1nc(-c2c[nH]c3c(F)cc(C)cc23)ncc1F. The van der Waals surface area contributed by atoms with Crippen molar-refractivity contribution in [2.24, 2.45) is 5.41 Å². The zero-order chi connectivity index (χ0) is 22.1. The Labute approximate surface area is 173 Å². The number of nitrogens with zero attached hydrogens (tertiary/aromatic N) is 2. The van der Waals surface area contributed by atoms with Crippen molar-refractivity contribution in [3.63, 3.8) is 0 Å². The number of nitrogens with one attached hydrogen (secondary N) is 2. The molecule has 3 aromatic rings. The first-order valence-corrected chi connectivity index (χ1v) is 9.51. The number of halogens is 2. The molecule has 0 saturated carbocycles. The molecule has 0 saturated heterocycles. The number of aliphatic carboxylic acids is 1. The van der Waals surface area contributed by atoms with Crippen LogP contribution in [-0.2, 0) is 4.79 Å². The highest BCUT2D eigenvalue weighted by Gasteiger charge is 2.31. The van der Waals surface area contributed by atoms with Gasteiger partial charge >= 0.3 is 5.97 Å². The minimum Gasteiger partial charge on any atom is -0.481 e. The maximum Gasteiger partial charge on any atom is 0.305 e. The quantitative estimate of drug-likeness (QED) is 0.448. The van der Waals surface area contributed by atoms with Gasteiger partial charge in [0, 0.05) is 23.2 Å². The van der Waals surface area contributed by atoms with Crippen LogP contribution in [0.4, 0.5) is 14.6 Å². The number of carbonyl (C=O) groups is 1. The van der Waals surface area contributed by atoms with Crippen molar-refractivity contribution >= 4 is 22.7 Å². The van der Waals surface area contributed by atoms with Gasteiger partial charge in [0.2, 0.25) is 0 Å². The van der Waals surface area contributed by atoms with Crippen LogP contribution in [0.25, 0.3) is 22.3 Å². The zero-order valence-corrected chi connectivity index (χ0v) is 17.1. The van der Waals surface area contributed by atoms with Crippen LogP contribution in [0.5, 0.6) is 0 Å². The smallest absolute Gasteiger partial charge is 0.305 e. The molecule has 0 aliphatic heterocycles. The first-order valence-electron chi connectivity index (χ1n) is 9.51. The molecule has 3 rings (SSSR count). The number of rotatable bonds is 8. The fourth-order valence-corrected chi connectivity index (χ4v) is 3.48. The summed E-state index contributed by atoms with van der Waals surface area (Å²) in [5.41, 5.74) is 1.05. The van der Waals surface area contributed by atoms with Gasteiger partial charge in [-0.25, -0.2) is 18.7 Å². The van der Waals surface area contributed by atoms with Gasteiger partial charge in [0.25, 0.3) is 0 Å². The first-order chi connectivity index (χ1) is 14.1. The van der Waals surface area contributed by atoms with Crippen LogP contribution < -0.4 is 5.32 Å². The number of aromatic amines is 1. The van der Waals surface area contributed by atoms with Crippen LogP contribution in [0, 0.1) is 24.0 Å². The number of H-pyrrole nitrogens is 1. The van der Waals surface area contributed by atoms with E-state index in [1.807, 2.05) is 13.8 Å². The molecule has 0 aliphatic carbocycles. The minimum absolute atomic E-state index is 0.106. The molecular formula is C22H24F2N4O2. The van der Waals surface area contributed by atoms with Gasteiger partial charge in [0.15, 0.2) is 17.5 Å². The lowest BCUT2D eigenvalue weighted by Gasteiger charge is -2.33. The fraction of sp³-hybridized carbons (Fsp3) is 0.318. The summed E-state index contributed by atoms with van der Waals surface area (Å²) in [5, 5.41) is 12.8. The summed E-state index contributed by atoms with van der Waals surface area (Å²) in [6.07, 6.45) is 4.59. The second-order valence-electron chi connectivity index (χ2n) is 8.04. The molecule has 0 radical (unpaired) electrons. The number of carboxylic acids is 1. The number of aromatic nitrogens is 3. The summed E-state index contributed by atoms with van der Waals surface area (Å²) in [7, 11) is 0. The Kier molecular flexibility index (Phi) is 5.87. The predicted octanol–water partition coefficient (Wildman–Crippen LogP) is 5.07. The summed E-state index contributed by atoms with van der Waals surface area (Å²) >= 11 is 0. The van der Waals surface area contributed by atoms with Gasteiger partial charge in [-0.05, 0) is 36.5 Å². The van der Waals surface area contributed by atoms with Crippen LogP contribution >= 0.6 is 0 Å². The van der Waals surface area contributed by atoms with Crippen molar-refractivity contribution in [1.29, 1.82) is 0 Å². The molecule has 3 N–H and O–H groups in total. The van der Waals surface area contributed by atoms with Gasteiger partial charge in [-0.1, -0.05) is 19.9 Å². The number of fused-ring (bicyclic) bond motifs is 1. The lowest BCUT2D eigenvalue weighted by Crippen LogP contribution is -2.38. The second-order valence-corrected chi connectivity index (χ2v) is 8.04. The summed E-state index contributed by atoms with van der Waals surface area (Å²) in [6.45, 7) is 9.24. The number of hydrogen-bond acceptors (Lipinski definition) is 4. The van der Waals surface area contributed by atoms with Gasteiger partial charge in [-0.2, -0.15) is 0 Å². The van der Waals surface area contributed by atoms with E-state index in [1.165, 1.54) is 6.07 Å². The lowest BCUT2D eigenvalue weighted by molar-refractivity contribution is -0.137. The zero-order valence-electron chi connectivity index (χ0n) is 17.1. The lowest BCUT2D eigenvalue weighted by atomic mass is 9.79. The van der Waals surface area contributed by atoms with Crippen molar-refractivity contribution in [3.8, 4) is 11.4 Å². The Morgan fingerprint density at radius 1 is 1.37 bits per heavy atom. The van der Waals surface area contributed by atoms with E-state index in [9.17, 15) is 18.7 Å². The molecule has 0 spiro atoms. The van der Waals surface area contributed by atoms with Crippen LogP contribution in [0.2, 0.25) is 0 Å². The third-order valence-electron chi connectivity index (χ3n) is 5.17. The third kappa shape index (κ3) is 4.32. The Morgan fingerprint density at radius 3 is 2.77 bits per heavy atom. The fourth-order valence-electron chi connectivity index (χ4n) is 3.48. The molecule has 0 amide bonds. The number of carboxylic acid groups (broad SMARTS) is 1. The second kappa shape index (κ2) is 8.22. The molecule has 8 heteroatoms. The van der Waals surface area contributed by atoms with Crippen molar-refractivity contribution in [2.75, 3.05) is 5.32 Å². The highest BCUT2D eigenvalue weighted by molar-refractivity contribution is 5.94. The molecule has 1 atom stereocenters. The standard InChI is InChI=1S/C22H24F2N4O2/c1-5-6-22(3,4)17(9-18(29)30)27-21-16(24)11-26-20(28-21)14-10-25-19-13(14)7-12(2)8-15(19)23/h5,7-8,10-11,17,25H,1,6,9H2,2-4H3,(H,29,30)(H,26,27,28).